The summed E-state index contributed by atoms with van der Waals surface area (Å²) in [4.78, 5) is 17.4. The fourth-order valence-electron chi connectivity index (χ4n) is 5.76. The lowest BCUT2D eigenvalue weighted by atomic mass is 9.86. The van der Waals surface area contributed by atoms with Gasteiger partial charge >= 0.3 is 0 Å². The van der Waals surface area contributed by atoms with Gasteiger partial charge in [0.15, 0.2) is 0 Å². The number of ether oxygens (including phenoxy) is 2. The molecule has 0 bridgehead atoms. The molecule has 31 heavy (non-hydrogen) atoms. The number of benzene rings is 2. The fraction of sp³-hybridized carbons (Fsp3) is 0.500. The summed E-state index contributed by atoms with van der Waals surface area (Å²) in [5.74, 6) is 2.12. The molecule has 164 valence electrons. The van der Waals surface area contributed by atoms with Crippen molar-refractivity contribution in [1.82, 2.24) is 4.90 Å². The number of carbonyl (C=O) groups is 1. The van der Waals surface area contributed by atoms with E-state index in [2.05, 4.69) is 47.1 Å². The van der Waals surface area contributed by atoms with E-state index in [1.807, 2.05) is 13.8 Å². The summed E-state index contributed by atoms with van der Waals surface area (Å²) in [7, 11) is 0. The maximum atomic E-state index is 12.7. The van der Waals surface area contributed by atoms with Crippen molar-refractivity contribution in [2.75, 3.05) is 31.2 Å². The van der Waals surface area contributed by atoms with Crippen LogP contribution in [0.3, 0.4) is 0 Å². The van der Waals surface area contributed by atoms with Crippen molar-refractivity contribution in [2.24, 2.45) is 0 Å². The summed E-state index contributed by atoms with van der Waals surface area (Å²) in [6, 6.07) is 11.2. The highest BCUT2D eigenvalue weighted by molar-refractivity contribution is 5.80. The Bertz CT molecular complexity index is 1000. The van der Waals surface area contributed by atoms with E-state index in [0.717, 1.165) is 49.4 Å². The average Bonchev–Trinajstić information content (AvgIpc) is 3.40. The molecule has 0 aliphatic carbocycles. The van der Waals surface area contributed by atoms with Gasteiger partial charge in [0.2, 0.25) is 5.91 Å². The lowest BCUT2D eigenvalue weighted by Gasteiger charge is -2.43. The Balaban J connectivity index is 1.62. The van der Waals surface area contributed by atoms with Crippen molar-refractivity contribution in [1.29, 1.82) is 0 Å². The average molecular weight is 421 g/mol. The highest BCUT2D eigenvalue weighted by Gasteiger charge is 2.42. The van der Waals surface area contributed by atoms with Gasteiger partial charge in [0, 0.05) is 36.3 Å². The summed E-state index contributed by atoms with van der Waals surface area (Å²) >= 11 is 0. The summed E-state index contributed by atoms with van der Waals surface area (Å²) < 4.78 is 12.1. The molecular weight excluding hydrogens is 388 g/mol. The first-order valence-corrected chi connectivity index (χ1v) is 11.7. The molecule has 2 aromatic rings. The van der Waals surface area contributed by atoms with Crippen molar-refractivity contribution in [3.63, 3.8) is 0 Å². The zero-order chi connectivity index (χ0) is 21.5. The van der Waals surface area contributed by atoms with Gasteiger partial charge in [-0.3, -0.25) is 4.79 Å². The standard InChI is InChI=1S/C26H32N2O3/c1-4-30-23-12-11-20(26(17(23)3)31-5-2)22-16-21(27-14-7-10-24(27)29)19-9-6-8-18-13-15-28(22)25(18)19/h6,8-9,11-12,21-22H,4-5,7,10,13-16H2,1-3H3. The molecule has 5 heteroatoms. The van der Waals surface area contributed by atoms with Crippen molar-refractivity contribution in [3.8, 4) is 11.5 Å². The van der Waals surface area contributed by atoms with Gasteiger partial charge in [0.25, 0.3) is 0 Å². The maximum Gasteiger partial charge on any atom is 0.223 e. The van der Waals surface area contributed by atoms with Crippen LogP contribution in [0, 0.1) is 6.92 Å². The van der Waals surface area contributed by atoms with E-state index in [1.165, 1.54) is 22.4 Å². The highest BCUT2D eigenvalue weighted by Crippen LogP contribution is 2.52. The van der Waals surface area contributed by atoms with Gasteiger partial charge in [0.1, 0.15) is 11.5 Å². The molecule has 3 heterocycles. The van der Waals surface area contributed by atoms with E-state index < -0.39 is 0 Å². The zero-order valence-electron chi connectivity index (χ0n) is 18.8. The van der Waals surface area contributed by atoms with Crippen LogP contribution in [-0.2, 0) is 11.2 Å². The molecule has 3 aliphatic rings. The highest BCUT2D eigenvalue weighted by atomic mass is 16.5. The third-order valence-electron chi connectivity index (χ3n) is 7.06. The Hall–Kier alpha value is -2.69. The number of hydrogen-bond acceptors (Lipinski definition) is 4. The second kappa shape index (κ2) is 8.10. The first kappa shape index (κ1) is 20.2. The SMILES string of the molecule is CCOc1ccc(C2CC(N3CCCC3=O)c3cccc4c3N2CC4)c(OCC)c1C. The van der Waals surface area contributed by atoms with Crippen LogP contribution in [0.1, 0.15) is 67.4 Å². The minimum atomic E-state index is 0.130. The lowest BCUT2D eigenvalue weighted by molar-refractivity contribution is -0.130. The molecule has 2 atom stereocenters. The Morgan fingerprint density at radius 2 is 1.74 bits per heavy atom. The molecule has 5 rings (SSSR count). The molecule has 2 aromatic carbocycles. The van der Waals surface area contributed by atoms with E-state index in [4.69, 9.17) is 9.47 Å². The van der Waals surface area contributed by atoms with E-state index in [-0.39, 0.29) is 12.1 Å². The number of carbonyl (C=O) groups excluding carboxylic acids is 1. The second-order valence-corrected chi connectivity index (χ2v) is 8.73. The van der Waals surface area contributed by atoms with Crippen LogP contribution >= 0.6 is 0 Å². The van der Waals surface area contributed by atoms with Gasteiger partial charge in [-0.15, -0.1) is 0 Å². The lowest BCUT2D eigenvalue weighted by Crippen LogP contribution is -2.40. The zero-order valence-corrected chi connectivity index (χ0v) is 18.8. The fourth-order valence-corrected chi connectivity index (χ4v) is 5.76. The number of anilines is 1. The molecule has 0 aromatic heterocycles. The molecule has 5 nitrogen and oxygen atoms in total. The van der Waals surface area contributed by atoms with Crippen molar-refractivity contribution < 1.29 is 14.3 Å². The van der Waals surface area contributed by atoms with Gasteiger partial charge in [-0.2, -0.15) is 0 Å². The van der Waals surface area contributed by atoms with Gasteiger partial charge in [-0.25, -0.2) is 0 Å². The molecular formula is C26H32N2O3. The quantitative estimate of drug-likeness (QED) is 0.662. The van der Waals surface area contributed by atoms with E-state index in [0.29, 0.717) is 25.5 Å². The molecule has 2 unspecified atom stereocenters. The Morgan fingerprint density at radius 3 is 2.48 bits per heavy atom. The summed E-state index contributed by atoms with van der Waals surface area (Å²) in [5.41, 5.74) is 6.34. The second-order valence-electron chi connectivity index (χ2n) is 8.73. The first-order valence-electron chi connectivity index (χ1n) is 11.7. The largest absolute Gasteiger partial charge is 0.493 e. The Labute approximate surface area is 184 Å². The van der Waals surface area contributed by atoms with Gasteiger partial charge in [0.05, 0.1) is 25.3 Å². The predicted molar refractivity (Wildman–Crippen MR) is 122 cm³/mol. The molecule has 0 radical (unpaired) electrons. The third kappa shape index (κ3) is 3.26. The number of hydrogen-bond donors (Lipinski definition) is 0. The van der Waals surface area contributed by atoms with E-state index in [1.54, 1.807) is 0 Å². The van der Waals surface area contributed by atoms with Crippen LogP contribution in [0.5, 0.6) is 11.5 Å². The summed E-state index contributed by atoms with van der Waals surface area (Å²) in [6.45, 7) is 9.26. The van der Waals surface area contributed by atoms with Gasteiger partial charge in [-0.1, -0.05) is 18.2 Å². The Kier molecular flexibility index (Phi) is 5.28. The normalized spacial score (nSPS) is 22.1. The maximum absolute atomic E-state index is 12.7. The van der Waals surface area contributed by atoms with Gasteiger partial charge in [-0.05, 0) is 63.3 Å². The van der Waals surface area contributed by atoms with Crippen LogP contribution < -0.4 is 14.4 Å². The Morgan fingerprint density at radius 1 is 0.935 bits per heavy atom. The van der Waals surface area contributed by atoms with Crippen molar-refractivity contribution >= 4 is 11.6 Å². The third-order valence-corrected chi connectivity index (χ3v) is 7.06. The van der Waals surface area contributed by atoms with Crippen molar-refractivity contribution in [2.45, 2.75) is 58.5 Å². The molecule has 0 saturated carbocycles. The van der Waals surface area contributed by atoms with E-state index >= 15 is 0 Å². The number of rotatable bonds is 6. The van der Waals surface area contributed by atoms with Crippen LogP contribution in [0.15, 0.2) is 30.3 Å². The van der Waals surface area contributed by atoms with Crippen LogP contribution in [0.4, 0.5) is 5.69 Å². The van der Waals surface area contributed by atoms with E-state index in [9.17, 15) is 4.79 Å². The smallest absolute Gasteiger partial charge is 0.223 e. The molecule has 3 aliphatic heterocycles. The number of amides is 1. The molecule has 1 saturated heterocycles. The van der Waals surface area contributed by atoms with Crippen LogP contribution in [0.2, 0.25) is 0 Å². The van der Waals surface area contributed by atoms with Crippen LogP contribution in [0.25, 0.3) is 0 Å². The topological polar surface area (TPSA) is 42.0 Å². The number of likely N-dealkylation sites (tertiary alicyclic amines) is 1. The molecule has 0 N–H and O–H groups in total. The summed E-state index contributed by atoms with van der Waals surface area (Å²) in [6.07, 6.45) is 3.59. The molecule has 1 fully saturated rings. The van der Waals surface area contributed by atoms with Gasteiger partial charge < -0.3 is 19.3 Å². The molecule has 0 spiro atoms. The number of para-hydroxylation sites is 1. The van der Waals surface area contributed by atoms with Crippen molar-refractivity contribution in [3.05, 3.63) is 52.6 Å². The minimum absolute atomic E-state index is 0.130. The number of nitrogens with zero attached hydrogens (tertiary/aromatic N) is 2. The molecule has 1 amide bonds. The minimum Gasteiger partial charge on any atom is -0.493 e. The summed E-state index contributed by atoms with van der Waals surface area (Å²) in [5, 5.41) is 0. The first-order chi connectivity index (χ1) is 15.1. The monoisotopic (exact) mass is 420 g/mol. The predicted octanol–water partition coefficient (Wildman–Crippen LogP) is 4.96. The van der Waals surface area contributed by atoms with Crippen LogP contribution in [-0.4, -0.2) is 37.1 Å².